The molecule has 50 atom stereocenters. The molecule has 10 aliphatic rings. The second kappa shape index (κ2) is 42.3. The lowest BCUT2D eigenvalue weighted by Gasteiger charge is -2.51. The van der Waals surface area contributed by atoms with Crippen LogP contribution in [-0.4, -0.2) is 526 Å². The van der Waals surface area contributed by atoms with Gasteiger partial charge < -0.3 is 249 Å². The van der Waals surface area contributed by atoms with E-state index in [0.29, 0.717) is 0 Å². The van der Waals surface area contributed by atoms with E-state index >= 15 is 0 Å². The van der Waals surface area contributed by atoms with E-state index in [1.807, 2.05) is 0 Å². The van der Waals surface area contributed by atoms with E-state index in [0.717, 1.165) is 20.8 Å². The summed E-state index contributed by atoms with van der Waals surface area (Å²) >= 11 is 0. The topological polar surface area (TPSA) is 846 Å². The number of carbonyl (C=O) groups is 4. The molecule has 10 saturated heterocycles. The van der Waals surface area contributed by atoms with Gasteiger partial charge in [-0.05, 0) is 6.92 Å². The molecule has 0 radical (unpaired) electrons. The lowest BCUT2D eigenvalue weighted by Crippen LogP contribution is -2.71. The highest BCUT2D eigenvalue weighted by Crippen LogP contribution is 2.41. The second-order valence-electron chi connectivity index (χ2n) is 30.3. The number of aliphatic hydroxyl groups is 27. The molecule has 10 rings (SSSR count). The molecule has 0 aromatic heterocycles. The molecule has 54 heteroatoms. The van der Waals surface area contributed by atoms with Gasteiger partial charge in [0.15, 0.2) is 69.0 Å². The van der Waals surface area contributed by atoms with Crippen molar-refractivity contribution in [2.45, 2.75) is 335 Å². The number of aliphatic hydroxyl groups excluding tert-OH is 27. The number of hydrogen-bond donors (Lipinski definition) is 31. The van der Waals surface area contributed by atoms with Gasteiger partial charge in [-0.25, -0.2) is 4.79 Å². The highest BCUT2D eigenvalue weighted by Gasteiger charge is 2.62. The molecule has 0 spiro atoms. The molecule has 0 bridgehead atoms. The molecule has 10 aliphatic heterocycles. The Morgan fingerprint density at radius 3 is 1.02 bits per heavy atom. The zero-order valence-electron chi connectivity index (χ0n) is 63.9. The lowest BCUT2D eigenvalue weighted by molar-refractivity contribution is -0.399. The highest BCUT2D eigenvalue weighted by molar-refractivity contribution is 5.74. The van der Waals surface area contributed by atoms with E-state index < -0.39 is 383 Å². The van der Waals surface area contributed by atoms with Gasteiger partial charge in [-0.1, -0.05) is 0 Å². The van der Waals surface area contributed by atoms with Gasteiger partial charge in [0, 0.05) is 20.8 Å². The van der Waals surface area contributed by atoms with E-state index in [9.17, 15) is 162 Å². The maximum absolute atomic E-state index is 13.2. The quantitative estimate of drug-likeness (QED) is 0.0318. The maximum atomic E-state index is 13.2. The number of ether oxygens (including phenoxy) is 19. The van der Waals surface area contributed by atoms with Crippen LogP contribution in [0.3, 0.4) is 0 Å². The molecule has 0 aliphatic carbocycles. The van der Waals surface area contributed by atoms with Crippen LogP contribution in [0.5, 0.6) is 0 Å². The number of rotatable bonds is 30. The largest absolute Gasteiger partial charge is 0.479 e. The van der Waals surface area contributed by atoms with Crippen molar-refractivity contribution in [1.29, 1.82) is 0 Å². The fraction of sp³-hybridized carbons (Fsp3) is 0.939. The number of carbonyl (C=O) groups excluding carboxylic acids is 3. The molecular formula is C66H109N3O51. The van der Waals surface area contributed by atoms with Crippen LogP contribution in [0.2, 0.25) is 0 Å². The third kappa shape index (κ3) is 21.2. The summed E-state index contributed by atoms with van der Waals surface area (Å²) in [5, 5.41) is 317. The molecule has 0 unspecified atom stereocenters. The van der Waals surface area contributed by atoms with Gasteiger partial charge in [-0.3, -0.25) is 14.4 Å². The van der Waals surface area contributed by atoms with Gasteiger partial charge >= 0.3 is 5.97 Å². The smallest absolute Gasteiger partial charge is 0.335 e. The second-order valence-corrected chi connectivity index (χ2v) is 30.3. The molecule has 31 N–H and O–H groups in total. The van der Waals surface area contributed by atoms with Crippen molar-refractivity contribution < 1.29 is 252 Å². The molecule has 3 amide bonds. The Bertz CT molecular complexity index is 3250. The van der Waals surface area contributed by atoms with Crippen molar-refractivity contribution in [3.8, 4) is 0 Å². The predicted molar refractivity (Wildman–Crippen MR) is 364 cm³/mol. The Balaban J connectivity index is 0.951. The molecular weight excluding hydrogens is 1650 g/mol. The van der Waals surface area contributed by atoms with Crippen LogP contribution >= 0.6 is 0 Å². The first-order valence-corrected chi connectivity index (χ1v) is 38.0. The third-order valence-corrected chi connectivity index (χ3v) is 22.0. The Morgan fingerprint density at radius 1 is 0.258 bits per heavy atom. The summed E-state index contributed by atoms with van der Waals surface area (Å²) in [6, 6.07) is -5.84. The van der Waals surface area contributed by atoms with E-state index in [4.69, 9.17) is 90.0 Å². The van der Waals surface area contributed by atoms with Crippen molar-refractivity contribution in [2.75, 3.05) is 52.9 Å². The maximum Gasteiger partial charge on any atom is 0.335 e. The average molecular weight is 1760 g/mol. The first kappa shape index (κ1) is 98.2. The minimum Gasteiger partial charge on any atom is -0.479 e. The summed E-state index contributed by atoms with van der Waals surface area (Å²) in [5.74, 6) is -4.73. The van der Waals surface area contributed by atoms with Crippen LogP contribution in [0.1, 0.15) is 27.7 Å². The predicted octanol–water partition coefficient (Wildman–Crippen LogP) is -21.3. The molecule has 0 aromatic carbocycles. The SMILES string of the molecule is CC(=O)N[C@@H]1[C@@H](O)[C@H](O[C@H]2O[C@H](CO)[C@@H](O[C@H]3O[C@H](CO[C@H]4O[C@H](CO)[C@@H](O)[C@H](O[C@H]5O[C@H](CO)[C@@H](O)[C@H](O)[C@@H]5O)[C@@H]4O)[C@@H](O)[C@H](O[C@H]4O[C@H](CO)[C@@H](O)[C@H](O)[C@@H]4O[C@H]4O[C@H](CO)[C@@H](O[C@H]5O[C@H](CO)[C@H](O)[C@H](O[C@@H]6O[C@H](C(=O)O)[C@@H](O)[C@H](O)[C@H]6O)[C@H]5O)[C@H](O)[C@H]4NC(C)=O)[C@@H]3O)[C@H](O)[C@H]2NC(C)=O)[C@@H](CO[C@H]2O[C@H](C)[C@H](O)[C@H](O)[C@H]2O)O[C@@H]1O. The Labute approximate surface area is 677 Å². The van der Waals surface area contributed by atoms with Crippen LogP contribution in [0, 0.1) is 0 Å². The van der Waals surface area contributed by atoms with E-state index in [-0.39, 0.29) is 0 Å². The van der Waals surface area contributed by atoms with Gasteiger partial charge in [-0.15, -0.1) is 0 Å². The fourth-order valence-corrected chi connectivity index (χ4v) is 15.4. The molecule has 0 aromatic rings. The van der Waals surface area contributed by atoms with Crippen LogP contribution in [-0.2, 0) is 109 Å². The zero-order valence-corrected chi connectivity index (χ0v) is 63.9. The molecule has 10 heterocycles. The Kier molecular flexibility index (Phi) is 34.6. The van der Waals surface area contributed by atoms with Crippen molar-refractivity contribution in [3.05, 3.63) is 0 Å². The number of nitrogens with one attached hydrogen (secondary N) is 3. The van der Waals surface area contributed by atoms with Crippen molar-refractivity contribution in [3.63, 3.8) is 0 Å². The standard InChI is InChI=1S/C66H109N3O51/c1-13-28(79)37(88)42(93)60(104-13)103-12-24-50(34(85)25(57(101)105-24)67-14(2)76)113-58-26(68-15(3)77)35(86)49(21(9-74)110-58)115-65-47(98)53(33(84)23(112-65)11-102-61-45(96)51(31(82)19(7-72)106-61)116-62-43(94)38(89)29(80)17(5-70)107-62)118-66-55(40(91)30(81)18(6-71)109-66)120-59-27(69-16(4)78)36(87)48(22(10-75)111-59)114-64-46(97)52(32(83)20(8-73)108-64)117-63-44(95)39(90)41(92)54(119-63)56(99)100/h13,17-55,57-66,70-75,79-98,101H,5-12H2,1-4H3,(H,67,76)(H,68,77)(H,69,78)(H,99,100)/t13-,17-,18-,19-,20-,21-,22-,23-,24-,25-,26-,27-,28+,29-,30-,31-,32+,33-,34-,35-,36-,37+,38+,39+,40+,41+,42-,43+,44-,45+,46-,47+,48-,49-,50-,51+,52+,53+,54+,55+,57+,58-,59-,60+,61+,62-,63-,64-,65-,66-/m1/s1. The molecule has 120 heavy (non-hydrogen) atoms. The van der Waals surface area contributed by atoms with E-state index in [1.165, 1.54) is 6.92 Å². The molecule has 54 nitrogen and oxygen atoms in total. The highest BCUT2D eigenvalue weighted by atomic mass is 16.8. The third-order valence-electron chi connectivity index (χ3n) is 22.0. The summed E-state index contributed by atoms with van der Waals surface area (Å²) in [4.78, 5) is 50.6. The first-order valence-electron chi connectivity index (χ1n) is 38.0. The fourth-order valence-electron chi connectivity index (χ4n) is 15.4. The Hall–Kier alpha value is -3.96. The average Bonchev–Trinajstić information content (AvgIpc) is 0.764. The number of amides is 3. The molecule has 10 fully saturated rings. The lowest BCUT2D eigenvalue weighted by atomic mass is 9.93. The summed E-state index contributed by atoms with van der Waals surface area (Å²) in [6.07, 6.45) is -99.8. The number of carboxylic acids is 1. The van der Waals surface area contributed by atoms with Crippen molar-refractivity contribution in [1.82, 2.24) is 16.0 Å². The van der Waals surface area contributed by atoms with Gasteiger partial charge in [-0.2, -0.15) is 0 Å². The van der Waals surface area contributed by atoms with Crippen molar-refractivity contribution in [2.24, 2.45) is 0 Å². The monoisotopic (exact) mass is 1760 g/mol. The van der Waals surface area contributed by atoms with Crippen LogP contribution in [0.15, 0.2) is 0 Å². The van der Waals surface area contributed by atoms with Gasteiger partial charge in [0.1, 0.15) is 232 Å². The summed E-state index contributed by atoms with van der Waals surface area (Å²) in [6.45, 7) is -4.91. The molecule has 694 valence electrons. The van der Waals surface area contributed by atoms with Gasteiger partial charge in [0.2, 0.25) is 17.7 Å². The first-order chi connectivity index (χ1) is 56.6. The minimum absolute atomic E-state index is 0.843. The molecule has 0 saturated carbocycles. The number of aliphatic carboxylic acids is 1. The van der Waals surface area contributed by atoms with E-state index in [1.54, 1.807) is 0 Å². The summed E-state index contributed by atoms with van der Waals surface area (Å²) < 4.78 is 111. The van der Waals surface area contributed by atoms with Crippen LogP contribution in [0.4, 0.5) is 0 Å². The number of hydrogen-bond acceptors (Lipinski definition) is 50. The Morgan fingerprint density at radius 2 is 0.558 bits per heavy atom. The van der Waals surface area contributed by atoms with Crippen LogP contribution < -0.4 is 16.0 Å². The number of carboxylic acid groups (broad SMARTS) is 1. The van der Waals surface area contributed by atoms with Crippen molar-refractivity contribution >= 4 is 23.7 Å². The summed E-state index contributed by atoms with van der Waals surface area (Å²) in [7, 11) is 0. The van der Waals surface area contributed by atoms with Crippen LogP contribution in [0.25, 0.3) is 0 Å². The van der Waals surface area contributed by atoms with Gasteiger partial charge in [0.05, 0.1) is 59.0 Å². The minimum atomic E-state index is -2.61. The van der Waals surface area contributed by atoms with E-state index in [2.05, 4.69) is 16.0 Å². The van der Waals surface area contributed by atoms with Gasteiger partial charge in [0.25, 0.3) is 0 Å². The summed E-state index contributed by atoms with van der Waals surface area (Å²) in [5.41, 5.74) is 0. The zero-order chi connectivity index (χ0) is 88.4. The normalized spacial score (nSPS) is 50.4.